The molecule has 0 radical (unpaired) electrons. The van der Waals surface area contributed by atoms with Gasteiger partial charge in [0.2, 0.25) is 0 Å². The third-order valence-electron chi connectivity index (χ3n) is 3.18. The summed E-state index contributed by atoms with van der Waals surface area (Å²) in [7, 11) is 0. The fourth-order valence-electron chi connectivity index (χ4n) is 2.25. The van der Waals surface area contributed by atoms with E-state index in [1.54, 1.807) is 6.07 Å². The van der Waals surface area contributed by atoms with Gasteiger partial charge in [-0.15, -0.1) is 0 Å². The molecule has 0 aromatic heterocycles. The molecule has 1 aliphatic carbocycles. The highest BCUT2D eigenvalue weighted by atomic mass is 35.5. The predicted octanol–water partition coefficient (Wildman–Crippen LogP) is 4.24. The number of hydrogen-bond donors (Lipinski definition) is 0. The Kier molecular flexibility index (Phi) is 3.59. The van der Waals surface area contributed by atoms with Gasteiger partial charge in [0.1, 0.15) is 5.82 Å². The van der Waals surface area contributed by atoms with Crippen molar-refractivity contribution in [1.82, 2.24) is 0 Å². The summed E-state index contributed by atoms with van der Waals surface area (Å²) >= 11 is 5.58. The van der Waals surface area contributed by atoms with Gasteiger partial charge in [0, 0.05) is 11.5 Å². The molecule has 0 atom stereocenters. The SMILES string of the molecule is O=C(c1ccc(Cl)c(F)c1)C1CCCCC1. The number of halogens is 2. The zero-order chi connectivity index (χ0) is 11.5. The van der Waals surface area contributed by atoms with E-state index in [4.69, 9.17) is 11.6 Å². The molecule has 0 saturated heterocycles. The molecule has 2 rings (SSSR count). The van der Waals surface area contributed by atoms with Gasteiger partial charge in [-0.2, -0.15) is 0 Å². The highest BCUT2D eigenvalue weighted by Gasteiger charge is 2.22. The second-order valence-electron chi connectivity index (χ2n) is 4.33. The molecule has 3 heteroatoms. The lowest BCUT2D eigenvalue weighted by Gasteiger charge is -2.20. The normalized spacial score (nSPS) is 17.4. The Morgan fingerprint density at radius 1 is 1.25 bits per heavy atom. The zero-order valence-corrected chi connectivity index (χ0v) is 9.77. The molecule has 1 aromatic carbocycles. The maximum atomic E-state index is 13.2. The van der Waals surface area contributed by atoms with Gasteiger partial charge >= 0.3 is 0 Å². The first-order valence-electron chi connectivity index (χ1n) is 5.68. The van der Waals surface area contributed by atoms with Gasteiger partial charge in [-0.05, 0) is 31.0 Å². The Hall–Kier alpha value is -0.890. The summed E-state index contributed by atoms with van der Waals surface area (Å²) in [5.41, 5.74) is 0.453. The van der Waals surface area contributed by atoms with E-state index in [1.807, 2.05) is 0 Å². The van der Waals surface area contributed by atoms with E-state index in [-0.39, 0.29) is 16.7 Å². The van der Waals surface area contributed by atoms with Crippen molar-refractivity contribution in [1.29, 1.82) is 0 Å². The Bertz CT molecular complexity index is 397. The van der Waals surface area contributed by atoms with Crippen LogP contribution in [0, 0.1) is 11.7 Å². The third-order valence-corrected chi connectivity index (χ3v) is 3.49. The third kappa shape index (κ3) is 2.43. The first-order chi connectivity index (χ1) is 7.68. The van der Waals surface area contributed by atoms with Crippen LogP contribution >= 0.6 is 11.6 Å². The van der Waals surface area contributed by atoms with Crippen LogP contribution in [0.1, 0.15) is 42.5 Å². The number of rotatable bonds is 2. The first-order valence-corrected chi connectivity index (χ1v) is 6.05. The molecule has 0 N–H and O–H groups in total. The van der Waals surface area contributed by atoms with E-state index >= 15 is 0 Å². The minimum atomic E-state index is -0.511. The van der Waals surface area contributed by atoms with Crippen molar-refractivity contribution < 1.29 is 9.18 Å². The minimum Gasteiger partial charge on any atom is -0.294 e. The molecule has 0 spiro atoms. The number of carbonyl (C=O) groups is 1. The topological polar surface area (TPSA) is 17.1 Å². The zero-order valence-electron chi connectivity index (χ0n) is 9.01. The van der Waals surface area contributed by atoms with E-state index in [2.05, 4.69) is 0 Å². The van der Waals surface area contributed by atoms with E-state index in [9.17, 15) is 9.18 Å². The van der Waals surface area contributed by atoms with Gasteiger partial charge < -0.3 is 0 Å². The molecule has 0 amide bonds. The van der Waals surface area contributed by atoms with Gasteiger partial charge in [0.15, 0.2) is 5.78 Å². The fourth-order valence-corrected chi connectivity index (χ4v) is 2.37. The molecule has 1 nitrogen and oxygen atoms in total. The van der Waals surface area contributed by atoms with Crippen molar-refractivity contribution in [3.63, 3.8) is 0 Å². The Balaban J connectivity index is 2.16. The lowest BCUT2D eigenvalue weighted by Crippen LogP contribution is -2.17. The minimum absolute atomic E-state index is 0.0651. The molecule has 0 heterocycles. The molecule has 86 valence electrons. The van der Waals surface area contributed by atoms with Crippen LogP contribution in [0.5, 0.6) is 0 Å². The van der Waals surface area contributed by atoms with Crippen molar-refractivity contribution in [2.24, 2.45) is 5.92 Å². The Morgan fingerprint density at radius 3 is 2.56 bits per heavy atom. The van der Waals surface area contributed by atoms with Gasteiger partial charge in [-0.1, -0.05) is 30.9 Å². The largest absolute Gasteiger partial charge is 0.294 e. The summed E-state index contributed by atoms with van der Waals surface area (Å²) in [6.07, 6.45) is 5.28. The Labute approximate surface area is 99.6 Å². The van der Waals surface area contributed by atoms with Crippen LogP contribution in [-0.2, 0) is 0 Å². The van der Waals surface area contributed by atoms with E-state index < -0.39 is 5.82 Å². The van der Waals surface area contributed by atoms with Gasteiger partial charge in [0.25, 0.3) is 0 Å². The number of carbonyl (C=O) groups excluding carboxylic acids is 1. The lowest BCUT2D eigenvalue weighted by atomic mass is 9.84. The highest BCUT2D eigenvalue weighted by Crippen LogP contribution is 2.27. The molecule has 1 aliphatic rings. The maximum absolute atomic E-state index is 13.2. The summed E-state index contributed by atoms with van der Waals surface area (Å²) in [4.78, 5) is 12.1. The molecule has 0 aliphatic heterocycles. The number of ketones is 1. The summed E-state index contributed by atoms with van der Waals surface area (Å²) < 4.78 is 13.2. The van der Waals surface area contributed by atoms with Crippen molar-refractivity contribution in [3.8, 4) is 0 Å². The summed E-state index contributed by atoms with van der Waals surface area (Å²) in [5.74, 6) is -0.368. The lowest BCUT2D eigenvalue weighted by molar-refractivity contribution is 0.0889. The van der Waals surface area contributed by atoms with Crippen LogP contribution in [0.3, 0.4) is 0 Å². The van der Waals surface area contributed by atoms with Crippen molar-refractivity contribution in [3.05, 3.63) is 34.6 Å². The molecule has 1 fully saturated rings. The second-order valence-corrected chi connectivity index (χ2v) is 4.74. The van der Waals surface area contributed by atoms with Crippen LogP contribution in [0.15, 0.2) is 18.2 Å². The van der Waals surface area contributed by atoms with Crippen LogP contribution in [0.4, 0.5) is 4.39 Å². The standard InChI is InChI=1S/C13H14ClFO/c14-11-7-6-10(8-12(11)15)13(16)9-4-2-1-3-5-9/h6-9H,1-5H2. The molecule has 1 aromatic rings. The van der Waals surface area contributed by atoms with Crippen molar-refractivity contribution in [2.45, 2.75) is 32.1 Å². The van der Waals surface area contributed by atoms with Crippen molar-refractivity contribution in [2.75, 3.05) is 0 Å². The maximum Gasteiger partial charge on any atom is 0.166 e. The van der Waals surface area contributed by atoms with Crippen LogP contribution in [0.25, 0.3) is 0 Å². The van der Waals surface area contributed by atoms with Crippen LogP contribution in [0.2, 0.25) is 5.02 Å². The van der Waals surface area contributed by atoms with E-state index in [1.165, 1.54) is 18.6 Å². The first kappa shape index (κ1) is 11.6. The number of Topliss-reactive ketones (excluding diaryl/α,β-unsaturated/α-hetero) is 1. The van der Waals surface area contributed by atoms with Crippen LogP contribution in [-0.4, -0.2) is 5.78 Å². The number of benzene rings is 1. The monoisotopic (exact) mass is 240 g/mol. The number of hydrogen-bond acceptors (Lipinski definition) is 1. The average molecular weight is 241 g/mol. The van der Waals surface area contributed by atoms with E-state index in [0.717, 1.165) is 25.7 Å². The average Bonchev–Trinajstić information content (AvgIpc) is 2.33. The quantitative estimate of drug-likeness (QED) is 0.707. The predicted molar refractivity (Wildman–Crippen MR) is 62.3 cm³/mol. The highest BCUT2D eigenvalue weighted by molar-refractivity contribution is 6.30. The van der Waals surface area contributed by atoms with Gasteiger partial charge in [-0.3, -0.25) is 4.79 Å². The molecule has 16 heavy (non-hydrogen) atoms. The molecule has 0 bridgehead atoms. The second kappa shape index (κ2) is 4.96. The van der Waals surface area contributed by atoms with E-state index in [0.29, 0.717) is 5.56 Å². The Morgan fingerprint density at radius 2 is 1.94 bits per heavy atom. The molecular weight excluding hydrogens is 227 g/mol. The van der Waals surface area contributed by atoms with Gasteiger partial charge in [-0.25, -0.2) is 4.39 Å². The molecule has 1 saturated carbocycles. The summed E-state index contributed by atoms with van der Waals surface area (Å²) in [6.45, 7) is 0. The van der Waals surface area contributed by atoms with Crippen LogP contribution < -0.4 is 0 Å². The molecular formula is C13H14ClFO. The molecule has 0 unspecified atom stereocenters. The fraction of sp³-hybridized carbons (Fsp3) is 0.462. The summed E-state index contributed by atoms with van der Waals surface area (Å²) in [6, 6.07) is 4.31. The van der Waals surface area contributed by atoms with Crippen molar-refractivity contribution >= 4 is 17.4 Å². The van der Waals surface area contributed by atoms with Gasteiger partial charge in [0.05, 0.1) is 5.02 Å². The summed E-state index contributed by atoms with van der Waals surface area (Å²) in [5, 5.41) is 0.0696. The smallest absolute Gasteiger partial charge is 0.166 e.